The molecule has 0 unspecified atom stereocenters. The number of nitrogens with zero attached hydrogens (tertiary/aromatic N) is 3. The smallest absolute Gasteiger partial charge is 0.416 e. The van der Waals surface area contributed by atoms with Gasteiger partial charge in [-0.15, -0.1) is 0 Å². The molecular weight excluding hydrogens is 377 g/mol. The maximum absolute atomic E-state index is 13.0. The molecule has 0 bridgehead atoms. The minimum absolute atomic E-state index is 0.0261. The van der Waals surface area contributed by atoms with E-state index in [0.29, 0.717) is 10.6 Å². The lowest BCUT2D eigenvalue weighted by molar-refractivity contribution is -0.137. The number of rotatable bonds is 3. The fraction of sp³-hybridized carbons (Fsp3) is 0.111. The van der Waals surface area contributed by atoms with Crippen LogP contribution in [0.15, 0.2) is 63.2 Å². The number of pyridine rings is 1. The molecule has 2 aromatic heterocycles. The van der Waals surface area contributed by atoms with Crippen LogP contribution in [0.25, 0.3) is 5.69 Å². The fourth-order valence-corrected chi connectivity index (χ4v) is 2.56. The molecule has 28 heavy (non-hydrogen) atoms. The average molecular weight is 390 g/mol. The van der Waals surface area contributed by atoms with Crippen LogP contribution >= 0.6 is 0 Å². The Morgan fingerprint density at radius 3 is 2.57 bits per heavy atom. The summed E-state index contributed by atoms with van der Waals surface area (Å²) in [5.41, 5.74) is -3.62. The van der Waals surface area contributed by atoms with Gasteiger partial charge >= 0.3 is 11.9 Å². The van der Waals surface area contributed by atoms with E-state index in [4.69, 9.17) is 0 Å². The van der Waals surface area contributed by atoms with Gasteiger partial charge in [-0.2, -0.15) is 13.2 Å². The zero-order valence-electron chi connectivity index (χ0n) is 14.4. The maximum atomic E-state index is 13.0. The molecule has 0 radical (unpaired) electrons. The van der Waals surface area contributed by atoms with Crippen LogP contribution in [-0.4, -0.2) is 25.4 Å². The van der Waals surface area contributed by atoms with Gasteiger partial charge in [0.1, 0.15) is 5.56 Å². The standard InChI is InChI=1S/C18H13F3N4O3/c1-10(23-13-7-2-3-8-22-13)14-15(26)24-17(28)25(16(14)27)12-6-4-5-11(9-12)18(19,20)21/h2-9,27H,1H3,(H,24,26,28). The van der Waals surface area contributed by atoms with E-state index in [9.17, 15) is 27.9 Å². The number of H-pyrrole nitrogens is 1. The Bertz CT molecular complexity index is 1170. The van der Waals surface area contributed by atoms with Crippen molar-refractivity contribution >= 4 is 11.5 Å². The molecule has 0 spiro atoms. The van der Waals surface area contributed by atoms with Gasteiger partial charge in [0, 0.05) is 6.20 Å². The van der Waals surface area contributed by atoms with Crippen molar-refractivity contribution in [2.75, 3.05) is 0 Å². The Balaban J connectivity index is 2.21. The Morgan fingerprint density at radius 1 is 1.18 bits per heavy atom. The van der Waals surface area contributed by atoms with E-state index in [1.54, 1.807) is 18.2 Å². The van der Waals surface area contributed by atoms with Crippen molar-refractivity contribution in [1.82, 2.24) is 14.5 Å². The molecular formula is C18H13F3N4O3. The summed E-state index contributed by atoms with van der Waals surface area (Å²) >= 11 is 0. The predicted molar refractivity (Wildman–Crippen MR) is 95.4 cm³/mol. The highest BCUT2D eigenvalue weighted by Crippen LogP contribution is 2.30. The van der Waals surface area contributed by atoms with E-state index in [0.717, 1.165) is 12.1 Å². The summed E-state index contributed by atoms with van der Waals surface area (Å²) in [4.78, 5) is 34.4. The molecule has 1 aromatic carbocycles. The van der Waals surface area contributed by atoms with Crippen LogP contribution in [0.5, 0.6) is 5.88 Å². The first-order valence-electron chi connectivity index (χ1n) is 7.91. The second-order valence-corrected chi connectivity index (χ2v) is 5.73. The Kier molecular flexibility index (Phi) is 4.87. The van der Waals surface area contributed by atoms with Crippen molar-refractivity contribution in [2.45, 2.75) is 13.1 Å². The number of aliphatic imine (C=N–C) groups is 1. The minimum Gasteiger partial charge on any atom is -0.493 e. The van der Waals surface area contributed by atoms with Gasteiger partial charge in [-0.1, -0.05) is 12.1 Å². The number of aromatic hydroxyl groups is 1. The van der Waals surface area contributed by atoms with Gasteiger partial charge in [-0.3, -0.25) is 9.78 Å². The Labute approximate surface area is 155 Å². The molecule has 0 saturated heterocycles. The first-order chi connectivity index (χ1) is 13.2. The lowest BCUT2D eigenvalue weighted by atomic mass is 10.1. The number of benzene rings is 1. The Hall–Kier alpha value is -3.69. The van der Waals surface area contributed by atoms with Gasteiger partial charge in [0.05, 0.1) is 17.0 Å². The molecule has 0 aliphatic carbocycles. The lowest BCUT2D eigenvalue weighted by Crippen LogP contribution is -2.32. The molecule has 0 atom stereocenters. The van der Waals surface area contributed by atoms with Crippen LogP contribution in [0.4, 0.5) is 19.0 Å². The average Bonchev–Trinajstić information content (AvgIpc) is 2.61. The molecule has 10 heteroatoms. The molecule has 0 aliphatic rings. The van der Waals surface area contributed by atoms with Crippen LogP contribution in [0.2, 0.25) is 0 Å². The van der Waals surface area contributed by atoms with Gasteiger partial charge in [0.2, 0.25) is 5.88 Å². The highest BCUT2D eigenvalue weighted by Gasteiger charge is 2.31. The third-order valence-electron chi connectivity index (χ3n) is 3.81. The normalized spacial score (nSPS) is 12.2. The summed E-state index contributed by atoms with van der Waals surface area (Å²) in [6.07, 6.45) is -3.17. The fourth-order valence-electron chi connectivity index (χ4n) is 2.56. The topological polar surface area (TPSA) is 100 Å². The number of aromatic nitrogens is 3. The third kappa shape index (κ3) is 3.70. The molecule has 3 rings (SSSR count). The summed E-state index contributed by atoms with van der Waals surface area (Å²) in [7, 11) is 0. The monoisotopic (exact) mass is 390 g/mol. The zero-order chi connectivity index (χ0) is 20.5. The predicted octanol–water partition coefficient (Wildman–Crippen LogP) is 2.79. The molecule has 0 saturated carbocycles. The lowest BCUT2D eigenvalue weighted by Gasteiger charge is -2.13. The summed E-state index contributed by atoms with van der Waals surface area (Å²) in [6.45, 7) is 1.40. The number of alkyl halides is 3. The molecule has 2 N–H and O–H groups in total. The number of halogens is 3. The van der Waals surface area contributed by atoms with E-state index < -0.39 is 28.9 Å². The highest BCUT2D eigenvalue weighted by atomic mass is 19.4. The van der Waals surface area contributed by atoms with Gasteiger partial charge in [-0.25, -0.2) is 19.3 Å². The Morgan fingerprint density at radius 2 is 1.93 bits per heavy atom. The second-order valence-electron chi connectivity index (χ2n) is 5.73. The quantitative estimate of drug-likeness (QED) is 0.672. The van der Waals surface area contributed by atoms with Crippen LogP contribution in [-0.2, 0) is 6.18 Å². The van der Waals surface area contributed by atoms with Gasteiger partial charge in [0.25, 0.3) is 5.56 Å². The van der Waals surface area contributed by atoms with E-state index in [1.165, 1.54) is 19.2 Å². The van der Waals surface area contributed by atoms with Crippen molar-refractivity contribution < 1.29 is 18.3 Å². The van der Waals surface area contributed by atoms with E-state index in [2.05, 4.69) is 9.98 Å². The molecule has 144 valence electrons. The van der Waals surface area contributed by atoms with Crippen molar-refractivity contribution in [1.29, 1.82) is 0 Å². The summed E-state index contributed by atoms with van der Waals surface area (Å²) in [5, 5.41) is 10.5. The number of hydrogen-bond acceptors (Lipinski definition) is 5. The third-order valence-corrected chi connectivity index (χ3v) is 3.81. The van der Waals surface area contributed by atoms with Crippen LogP contribution in [0.1, 0.15) is 18.1 Å². The molecule has 0 aliphatic heterocycles. The first kappa shape index (κ1) is 19.1. The summed E-state index contributed by atoms with van der Waals surface area (Å²) in [6, 6.07) is 8.67. The van der Waals surface area contributed by atoms with E-state index in [1.807, 2.05) is 4.98 Å². The van der Waals surface area contributed by atoms with Crippen LogP contribution < -0.4 is 11.2 Å². The van der Waals surface area contributed by atoms with E-state index in [-0.39, 0.29) is 22.8 Å². The number of nitrogens with one attached hydrogen (secondary N) is 1. The number of aromatic amines is 1. The summed E-state index contributed by atoms with van der Waals surface area (Å²) in [5.74, 6) is -0.583. The SMILES string of the molecule is CC(=Nc1ccccn1)c1c(O)n(-c2cccc(C(F)(F)F)c2)c(=O)[nH]c1=O. The molecule has 2 heterocycles. The van der Waals surface area contributed by atoms with Crippen molar-refractivity contribution in [3.05, 3.63) is 80.6 Å². The minimum atomic E-state index is -4.64. The van der Waals surface area contributed by atoms with Crippen LogP contribution in [0.3, 0.4) is 0 Å². The first-order valence-corrected chi connectivity index (χ1v) is 7.91. The second kappa shape index (κ2) is 7.14. The van der Waals surface area contributed by atoms with Gasteiger partial charge in [-0.05, 0) is 37.3 Å². The van der Waals surface area contributed by atoms with Crippen molar-refractivity contribution in [3.63, 3.8) is 0 Å². The van der Waals surface area contributed by atoms with Crippen molar-refractivity contribution in [2.24, 2.45) is 4.99 Å². The van der Waals surface area contributed by atoms with Gasteiger partial charge in [0.15, 0.2) is 5.82 Å². The molecule has 0 fully saturated rings. The summed E-state index contributed by atoms with van der Waals surface area (Å²) < 4.78 is 39.5. The number of hydrogen-bond donors (Lipinski definition) is 2. The van der Waals surface area contributed by atoms with E-state index >= 15 is 0 Å². The highest BCUT2D eigenvalue weighted by molar-refractivity contribution is 6.01. The molecule has 7 nitrogen and oxygen atoms in total. The molecule has 3 aromatic rings. The van der Waals surface area contributed by atoms with Gasteiger partial charge < -0.3 is 5.11 Å². The van der Waals surface area contributed by atoms with Crippen molar-refractivity contribution in [3.8, 4) is 11.6 Å². The zero-order valence-corrected chi connectivity index (χ0v) is 14.4. The largest absolute Gasteiger partial charge is 0.493 e. The maximum Gasteiger partial charge on any atom is 0.416 e. The molecule has 0 amide bonds. The van der Waals surface area contributed by atoms with Crippen LogP contribution in [0, 0.1) is 0 Å².